The third-order valence-electron chi connectivity index (χ3n) is 3.74. The van der Waals surface area contributed by atoms with Crippen molar-refractivity contribution in [2.75, 3.05) is 0 Å². The Kier molecular flexibility index (Phi) is 4.28. The summed E-state index contributed by atoms with van der Waals surface area (Å²) in [6, 6.07) is 0. The molecule has 0 aromatic carbocycles. The van der Waals surface area contributed by atoms with Crippen molar-refractivity contribution in [3.8, 4) is 0 Å². The monoisotopic (exact) mass is 218 g/mol. The minimum atomic E-state index is -0.298. The lowest BCUT2D eigenvalue weighted by atomic mass is 9.63. The van der Waals surface area contributed by atoms with Crippen LogP contribution in [0.2, 0.25) is 0 Å². The highest BCUT2D eigenvalue weighted by Crippen LogP contribution is 2.45. The van der Waals surface area contributed by atoms with Gasteiger partial charge in [0.25, 0.3) is 0 Å². The Labute approximate surface area is 98.9 Å². The fourth-order valence-corrected chi connectivity index (χ4v) is 2.89. The van der Waals surface area contributed by atoms with E-state index < -0.39 is 0 Å². The average molecular weight is 218 g/mol. The molecule has 1 aliphatic carbocycles. The predicted octanol–water partition coefficient (Wildman–Crippen LogP) is 4.07. The molecule has 0 saturated heterocycles. The van der Waals surface area contributed by atoms with Crippen LogP contribution in [0.1, 0.15) is 39.5 Å². The average Bonchev–Trinajstić information content (AvgIpc) is 2.25. The first-order valence-corrected chi connectivity index (χ1v) is 6.03. The highest BCUT2D eigenvalue weighted by molar-refractivity contribution is 5.86. The van der Waals surface area contributed by atoms with E-state index in [1.165, 1.54) is 6.42 Å². The van der Waals surface area contributed by atoms with Gasteiger partial charge in [-0.05, 0) is 31.3 Å². The van der Waals surface area contributed by atoms with E-state index in [1.54, 1.807) is 13.0 Å². The van der Waals surface area contributed by atoms with Gasteiger partial charge >= 0.3 is 0 Å². The van der Waals surface area contributed by atoms with Gasteiger partial charge in [-0.15, -0.1) is 0 Å². The molecule has 0 spiro atoms. The minimum absolute atomic E-state index is 0.270. The molecule has 88 valence electrons. The van der Waals surface area contributed by atoms with Gasteiger partial charge in [0.05, 0.1) is 5.41 Å². The molecule has 1 nitrogen and oxygen atoms in total. The summed E-state index contributed by atoms with van der Waals surface area (Å²) in [7, 11) is 0. The number of rotatable bonds is 4. The summed E-state index contributed by atoms with van der Waals surface area (Å²) in [5, 5.41) is 0. The lowest BCUT2D eigenvalue weighted by Gasteiger charge is -2.39. The second kappa shape index (κ2) is 5.29. The number of carbonyl (C=O) groups excluding carboxylic acids is 1. The van der Waals surface area contributed by atoms with Gasteiger partial charge in [0.1, 0.15) is 5.78 Å². The second-order valence-corrected chi connectivity index (χ2v) is 4.90. The maximum Gasteiger partial charge on any atom is 0.140 e. The Hall–Kier alpha value is -1.11. The Morgan fingerprint density at radius 3 is 2.56 bits per heavy atom. The molecule has 0 aromatic rings. The number of allylic oxidation sites excluding steroid dienone is 4. The van der Waals surface area contributed by atoms with Crippen molar-refractivity contribution in [3.63, 3.8) is 0 Å². The van der Waals surface area contributed by atoms with Crippen LogP contribution < -0.4 is 0 Å². The van der Waals surface area contributed by atoms with Gasteiger partial charge in [-0.3, -0.25) is 4.79 Å². The highest BCUT2D eigenvalue weighted by atomic mass is 16.1. The molecule has 0 amide bonds. The molecule has 1 fully saturated rings. The highest BCUT2D eigenvalue weighted by Gasteiger charge is 2.40. The van der Waals surface area contributed by atoms with Crippen LogP contribution in [-0.4, -0.2) is 5.78 Å². The number of hydrogen-bond acceptors (Lipinski definition) is 1. The van der Waals surface area contributed by atoms with E-state index in [1.807, 2.05) is 12.2 Å². The first-order valence-electron chi connectivity index (χ1n) is 6.03. The van der Waals surface area contributed by atoms with Crippen LogP contribution in [0.25, 0.3) is 0 Å². The molecular weight excluding hydrogens is 196 g/mol. The lowest BCUT2D eigenvalue weighted by Crippen LogP contribution is -2.35. The van der Waals surface area contributed by atoms with Crippen molar-refractivity contribution in [3.05, 3.63) is 37.0 Å². The van der Waals surface area contributed by atoms with Crippen LogP contribution in [0.3, 0.4) is 0 Å². The Morgan fingerprint density at radius 1 is 1.44 bits per heavy atom. The second-order valence-electron chi connectivity index (χ2n) is 4.90. The summed E-state index contributed by atoms with van der Waals surface area (Å²) in [4.78, 5) is 12.0. The zero-order valence-corrected chi connectivity index (χ0v) is 10.5. The molecule has 16 heavy (non-hydrogen) atoms. The SMILES string of the molecule is C=C/C=C(\C=C)C1(C(C)=O)CCCC(C)C1. The van der Waals surface area contributed by atoms with Crippen LogP contribution in [0, 0.1) is 11.3 Å². The quantitative estimate of drug-likeness (QED) is 0.650. The molecule has 2 atom stereocenters. The van der Waals surface area contributed by atoms with Gasteiger partial charge in [0, 0.05) is 0 Å². The Bertz CT molecular complexity index is 324. The number of carbonyl (C=O) groups is 1. The van der Waals surface area contributed by atoms with Gasteiger partial charge in [-0.1, -0.05) is 51.2 Å². The fraction of sp³-hybridized carbons (Fsp3) is 0.533. The van der Waals surface area contributed by atoms with Crippen molar-refractivity contribution < 1.29 is 4.79 Å². The molecule has 1 heteroatoms. The molecule has 1 rings (SSSR count). The van der Waals surface area contributed by atoms with Gasteiger partial charge in [-0.25, -0.2) is 0 Å². The summed E-state index contributed by atoms with van der Waals surface area (Å²) in [5.74, 6) is 0.887. The van der Waals surface area contributed by atoms with Crippen LogP contribution in [-0.2, 0) is 4.79 Å². The maximum absolute atomic E-state index is 12.0. The molecule has 0 heterocycles. The van der Waals surface area contributed by atoms with Gasteiger partial charge in [0.2, 0.25) is 0 Å². The molecule has 0 aliphatic heterocycles. The summed E-state index contributed by atoms with van der Waals surface area (Å²) >= 11 is 0. The van der Waals surface area contributed by atoms with E-state index in [0.29, 0.717) is 5.92 Å². The van der Waals surface area contributed by atoms with Crippen molar-refractivity contribution >= 4 is 5.78 Å². The zero-order chi connectivity index (χ0) is 12.2. The zero-order valence-electron chi connectivity index (χ0n) is 10.5. The number of ketones is 1. The van der Waals surface area contributed by atoms with Gasteiger partial charge in [0.15, 0.2) is 0 Å². The predicted molar refractivity (Wildman–Crippen MR) is 69.2 cm³/mol. The van der Waals surface area contributed by atoms with Crippen molar-refractivity contribution in [1.29, 1.82) is 0 Å². The van der Waals surface area contributed by atoms with Crippen molar-refractivity contribution in [2.24, 2.45) is 11.3 Å². The van der Waals surface area contributed by atoms with E-state index in [4.69, 9.17) is 0 Å². The van der Waals surface area contributed by atoms with Gasteiger partial charge < -0.3 is 0 Å². The van der Waals surface area contributed by atoms with Crippen LogP contribution in [0.15, 0.2) is 37.0 Å². The fourth-order valence-electron chi connectivity index (χ4n) is 2.89. The molecule has 2 unspecified atom stereocenters. The lowest BCUT2D eigenvalue weighted by molar-refractivity contribution is -0.126. The number of Topliss-reactive ketones (excluding diaryl/α,β-unsaturated/α-hetero) is 1. The largest absolute Gasteiger partial charge is 0.299 e. The van der Waals surface area contributed by atoms with Crippen LogP contribution >= 0.6 is 0 Å². The molecule has 0 aromatic heterocycles. The molecule has 1 aliphatic rings. The van der Waals surface area contributed by atoms with E-state index in [9.17, 15) is 4.79 Å². The normalized spacial score (nSPS) is 30.9. The first kappa shape index (κ1) is 13.0. The van der Waals surface area contributed by atoms with Crippen molar-refractivity contribution in [1.82, 2.24) is 0 Å². The molecule has 0 N–H and O–H groups in total. The molecule has 0 bridgehead atoms. The molecule has 1 saturated carbocycles. The van der Waals surface area contributed by atoms with E-state index in [0.717, 1.165) is 24.8 Å². The van der Waals surface area contributed by atoms with Crippen molar-refractivity contribution in [2.45, 2.75) is 39.5 Å². The first-order chi connectivity index (χ1) is 7.56. The van der Waals surface area contributed by atoms with Crippen LogP contribution in [0.4, 0.5) is 0 Å². The third-order valence-corrected chi connectivity index (χ3v) is 3.74. The molecule has 0 radical (unpaired) electrons. The number of hydrogen-bond donors (Lipinski definition) is 0. The molecular formula is C15H22O. The van der Waals surface area contributed by atoms with Crippen LogP contribution in [0.5, 0.6) is 0 Å². The maximum atomic E-state index is 12.0. The standard InChI is InChI=1S/C15H22O/c1-5-8-14(6-2)15(13(4)16)10-7-9-12(3)11-15/h5-6,8,12H,1-2,7,9-11H2,3-4H3/b14-8+. The summed E-state index contributed by atoms with van der Waals surface area (Å²) in [6.45, 7) is 11.5. The van der Waals surface area contributed by atoms with Gasteiger partial charge in [-0.2, -0.15) is 0 Å². The van der Waals surface area contributed by atoms with E-state index >= 15 is 0 Å². The Balaban J connectivity index is 3.13. The summed E-state index contributed by atoms with van der Waals surface area (Å²) in [5.41, 5.74) is 0.745. The van der Waals surface area contributed by atoms with E-state index in [-0.39, 0.29) is 11.2 Å². The third kappa shape index (κ3) is 2.34. The summed E-state index contributed by atoms with van der Waals surface area (Å²) in [6.07, 6.45) is 9.78. The topological polar surface area (TPSA) is 17.1 Å². The van der Waals surface area contributed by atoms with E-state index in [2.05, 4.69) is 20.1 Å². The smallest absolute Gasteiger partial charge is 0.140 e. The summed E-state index contributed by atoms with van der Waals surface area (Å²) < 4.78 is 0. The minimum Gasteiger partial charge on any atom is -0.299 e. The Morgan fingerprint density at radius 2 is 2.12 bits per heavy atom.